The molecule has 2 aromatic carbocycles. The highest BCUT2D eigenvalue weighted by Gasteiger charge is 2.20. The second-order valence-corrected chi connectivity index (χ2v) is 8.57. The van der Waals surface area contributed by atoms with Gasteiger partial charge in [-0.1, -0.05) is 18.2 Å². The van der Waals surface area contributed by atoms with Gasteiger partial charge in [0.1, 0.15) is 17.5 Å². The number of nitrogens with one attached hydrogen (secondary N) is 1. The summed E-state index contributed by atoms with van der Waals surface area (Å²) in [6.45, 7) is 7.61. The number of hydrazine groups is 1. The van der Waals surface area contributed by atoms with E-state index in [1.165, 1.54) is 17.8 Å². The molecule has 34 heavy (non-hydrogen) atoms. The van der Waals surface area contributed by atoms with Gasteiger partial charge in [0.25, 0.3) is 0 Å². The Morgan fingerprint density at radius 3 is 2.50 bits per heavy atom. The number of aliphatic imine (C=N–C) groups is 2. The smallest absolute Gasteiger partial charge is 0.134 e. The van der Waals surface area contributed by atoms with Gasteiger partial charge in [-0.2, -0.15) is 0 Å². The van der Waals surface area contributed by atoms with Gasteiger partial charge in [-0.15, -0.1) is 0 Å². The second kappa shape index (κ2) is 11.2. The number of halogens is 2. The molecule has 2 fully saturated rings. The third kappa shape index (κ3) is 6.59. The summed E-state index contributed by atoms with van der Waals surface area (Å²) in [5.74, 6) is -0.349. The largest absolute Gasteiger partial charge is 0.371 e. The van der Waals surface area contributed by atoms with Gasteiger partial charge >= 0.3 is 0 Å². The van der Waals surface area contributed by atoms with Gasteiger partial charge in [0.05, 0.1) is 13.1 Å². The van der Waals surface area contributed by atoms with Crippen LogP contribution in [0.2, 0.25) is 0 Å². The van der Waals surface area contributed by atoms with E-state index in [1.807, 2.05) is 29.6 Å². The first-order chi connectivity index (χ1) is 16.5. The molecule has 0 aromatic heterocycles. The van der Waals surface area contributed by atoms with Gasteiger partial charge in [0, 0.05) is 56.6 Å². The molecule has 178 valence electrons. The lowest BCUT2D eigenvalue weighted by Crippen LogP contribution is -2.58. The summed E-state index contributed by atoms with van der Waals surface area (Å²) in [5, 5.41) is 1.95. The average molecular weight is 465 g/mol. The van der Waals surface area contributed by atoms with Gasteiger partial charge in [-0.05, 0) is 54.9 Å². The van der Waals surface area contributed by atoms with Crippen LogP contribution in [0.5, 0.6) is 0 Å². The molecule has 1 N–H and O–H groups in total. The van der Waals surface area contributed by atoms with Crippen molar-refractivity contribution in [2.45, 2.75) is 13.5 Å². The zero-order valence-corrected chi connectivity index (χ0v) is 19.6. The quantitative estimate of drug-likeness (QED) is 0.632. The maximum Gasteiger partial charge on any atom is 0.134 e. The molecule has 2 aliphatic rings. The Hall–Kier alpha value is -3.36. The van der Waals surface area contributed by atoms with Crippen LogP contribution in [0, 0.1) is 11.6 Å². The lowest BCUT2D eigenvalue weighted by atomic mass is 10.1. The number of benzene rings is 2. The lowest BCUT2D eigenvalue weighted by molar-refractivity contribution is 0.186. The average Bonchev–Trinajstić information content (AvgIpc) is 2.79. The fourth-order valence-electron chi connectivity index (χ4n) is 3.83. The number of hydrogen-bond donors (Lipinski definition) is 1. The van der Waals surface area contributed by atoms with Crippen LogP contribution >= 0.6 is 0 Å². The summed E-state index contributed by atoms with van der Waals surface area (Å²) in [7, 11) is 2.15. The summed E-state index contributed by atoms with van der Waals surface area (Å²) in [5.41, 5.74) is 7.00. The van der Waals surface area contributed by atoms with Gasteiger partial charge in [-0.3, -0.25) is 10.0 Å². The first kappa shape index (κ1) is 23.8. The highest BCUT2D eigenvalue weighted by molar-refractivity contribution is 5.89. The predicted molar refractivity (Wildman–Crippen MR) is 133 cm³/mol. The lowest BCUT2D eigenvalue weighted by Gasteiger charge is -2.35. The van der Waals surface area contributed by atoms with Crippen molar-refractivity contribution in [1.29, 1.82) is 0 Å². The highest BCUT2D eigenvalue weighted by Crippen LogP contribution is 2.13. The third-order valence-corrected chi connectivity index (χ3v) is 5.89. The van der Waals surface area contributed by atoms with Crippen LogP contribution in [0.15, 0.2) is 70.5 Å². The molecule has 8 heteroatoms. The summed E-state index contributed by atoms with van der Waals surface area (Å²) in [4.78, 5) is 13.6. The van der Waals surface area contributed by atoms with Crippen LogP contribution in [0.25, 0.3) is 6.08 Å². The number of piperazine rings is 1. The van der Waals surface area contributed by atoms with E-state index in [-0.39, 0.29) is 0 Å². The van der Waals surface area contributed by atoms with E-state index in [0.29, 0.717) is 18.7 Å². The highest BCUT2D eigenvalue weighted by atomic mass is 19.1. The molecule has 0 aliphatic carbocycles. The molecule has 6 nitrogen and oxygen atoms in total. The van der Waals surface area contributed by atoms with Gasteiger partial charge in [0.2, 0.25) is 0 Å². The van der Waals surface area contributed by atoms with Crippen LogP contribution in [0.4, 0.5) is 8.78 Å². The minimum absolute atomic E-state index is 0.435. The number of amidine groups is 1. The molecule has 0 radical (unpaired) electrons. The molecule has 4 rings (SSSR count). The van der Waals surface area contributed by atoms with Crippen molar-refractivity contribution >= 4 is 18.1 Å². The fraction of sp³-hybridized carbons (Fsp3) is 0.308. The van der Waals surface area contributed by atoms with Crippen LogP contribution in [0.1, 0.15) is 23.6 Å². The Kier molecular flexibility index (Phi) is 7.82. The number of allylic oxidation sites excluding steroid dienone is 1. The first-order valence-electron chi connectivity index (χ1n) is 11.4. The number of rotatable bonds is 7. The standard InChI is InChI=1S/C26H30F2N6/c1-20(33-10-8-32(2)9-11-33)16-29-17-22-4-3-5-23(12-22)19-34-26(18-31-34)30-7-6-21-13-24(27)15-25(28)14-21/h3-7,12-17,31H,8-11,18-19H2,1-2H3/b7-6+,20-16+,29-17+,30-26+. The van der Waals surface area contributed by atoms with Crippen molar-refractivity contribution in [3.8, 4) is 0 Å². The Morgan fingerprint density at radius 2 is 1.79 bits per heavy atom. The summed E-state index contributed by atoms with van der Waals surface area (Å²) >= 11 is 0. The molecule has 0 saturated carbocycles. The summed E-state index contributed by atoms with van der Waals surface area (Å²) in [6.07, 6.45) is 6.96. The van der Waals surface area contributed by atoms with Crippen molar-refractivity contribution in [3.05, 3.63) is 88.9 Å². The SMILES string of the molecule is C/C(=C\N=C\c1cccc(CN2NC/C2=N\C=C\c2cc(F)cc(F)c2)c1)N1CCN(C)CC1. The Morgan fingerprint density at radius 1 is 1.03 bits per heavy atom. The van der Waals surface area contributed by atoms with E-state index in [1.54, 1.807) is 12.3 Å². The topological polar surface area (TPSA) is 46.5 Å². The zero-order chi connectivity index (χ0) is 23.9. The van der Waals surface area contributed by atoms with Gasteiger partial charge < -0.3 is 9.80 Å². The van der Waals surface area contributed by atoms with E-state index in [0.717, 1.165) is 49.2 Å². The molecular weight excluding hydrogens is 434 g/mol. The number of likely N-dealkylation sites (N-methyl/N-ethyl adjacent to an activating group) is 1. The zero-order valence-electron chi connectivity index (χ0n) is 19.6. The molecule has 0 bridgehead atoms. The minimum atomic E-state index is -0.604. The van der Waals surface area contributed by atoms with Crippen LogP contribution in [-0.4, -0.2) is 66.6 Å². The molecule has 2 heterocycles. The Labute approximate surface area is 199 Å². The molecular formula is C26H30F2N6. The first-order valence-corrected chi connectivity index (χ1v) is 11.4. The van der Waals surface area contributed by atoms with E-state index < -0.39 is 11.6 Å². The number of nitrogens with zero attached hydrogens (tertiary/aromatic N) is 5. The van der Waals surface area contributed by atoms with E-state index >= 15 is 0 Å². The minimum Gasteiger partial charge on any atom is -0.371 e. The predicted octanol–water partition coefficient (Wildman–Crippen LogP) is 3.88. The third-order valence-electron chi connectivity index (χ3n) is 5.89. The molecule has 0 atom stereocenters. The molecule has 2 aromatic rings. The Balaban J connectivity index is 1.33. The maximum atomic E-state index is 13.3. The molecule has 0 amide bonds. The second-order valence-electron chi connectivity index (χ2n) is 8.57. The fourth-order valence-corrected chi connectivity index (χ4v) is 3.83. The summed E-state index contributed by atoms with van der Waals surface area (Å²) < 4.78 is 26.6. The van der Waals surface area contributed by atoms with Crippen molar-refractivity contribution in [2.75, 3.05) is 39.8 Å². The maximum absolute atomic E-state index is 13.3. The van der Waals surface area contributed by atoms with E-state index in [9.17, 15) is 8.78 Å². The number of hydrogen-bond acceptors (Lipinski definition) is 5. The van der Waals surface area contributed by atoms with Crippen molar-refractivity contribution in [1.82, 2.24) is 20.2 Å². The van der Waals surface area contributed by atoms with Crippen molar-refractivity contribution in [3.63, 3.8) is 0 Å². The van der Waals surface area contributed by atoms with Crippen LogP contribution < -0.4 is 5.43 Å². The molecule has 2 aliphatic heterocycles. The van der Waals surface area contributed by atoms with E-state index in [4.69, 9.17) is 0 Å². The summed E-state index contributed by atoms with van der Waals surface area (Å²) in [6, 6.07) is 11.6. The van der Waals surface area contributed by atoms with E-state index in [2.05, 4.69) is 51.3 Å². The van der Waals surface area contributed by atoms with Gasteiger partial charge in [0.15, 0.2) is 0 Å². The van der Waals surface area contributed by atoms with Crippen LogP contribution in [0.3, 0.4) is 0 Å². The normalized spacial score (nSPS) is 18.9. The molecule has 2 saturated heterocycles. The molecule has 0 unspecified atom stereocenters. The Bertz CT molecular complexity index is 1100. The van der Waals surface area contributed by atoms with Crippen LogP contribution in [-0.2, 0) is 6.54 Å². The van der Waals surface area contributed by atoms with Crippen molar-refractivity contribution < 1.29 is 8.78 Å². The molecule has 0 spiro atoms. The van der Waals surface area contributed by atoms with Gasteiger partial charge in [-0.25, -0.2) is 19.2 Å². The van der Waals surface area contributed by atoms with Crippen molar-refractivity contribution in [2.24, 2.45) is 9.98 Å². The monoisotopic (exact) mass is 464 g/mol.